The third-order valence-electron chi connectivity index (χ3n) is 2.74. The summed E-state index contributed by atoms with van der Waals surface area (Å²) in [6.45, 7) is 1.50. The van der Waals surface area contributed by atoms with E-state index in [2.05, 4.69) is 6.07 Å². The molecule has 2 nitrogen and oxygen atoms in total. The lowest BCUT2D eigenvalue weighted by Gasteiger charge is -2.17. The summed E-state index contributed by atoms with van der Waals surface area (Å²) in [7, 11) is 0. The molecule has 2 unspecified atom stereocenters. The maximum atomic E-state index is 11.9. The van der Waals surface area contributed by atoms with E-state index in [9.17, 15) is 9.35 Å². The molecule has 0 amide bonds. The predicted octanol–water partition coefficient (Wildman–Crippen LogP) is 2.01. The zero-order valence-corrected chi connectivity index (χ0v) is 9.55. The number of benzene rings is 1. The van der Waals surface area contributed by atoms with Gasteiger partial charge in [0.1, 0.15) is 5.25 Å². The lowest BCUT2D eigenvalue weighted by Crippen LogP contribution is -2.19. The molecule has 80 valence electrons. The van der Waals surface area contributed by atoms with Crippen molar-refractivity contribution in [3.05, 3.63) is 35.4 Å². The van der Waals surface area contributed by atoms with Gasteiger partial charge in [0, 0.05) is 12.0 Å². The van der Waals surface area contributed by atoms with E-state index in [0.717, 1.165) is 12.8 Å². The van der Waals surface area contributed by atoms with Crippen molar-refractivity contribution < 1.29 is 9.35 Å². The number of hydrogen-bond donors (Lipinski definition) is 0. The van der Waals surface area contributed by atoms with Gasteiger partial charge in [-0.3, -0.25) is 4.79 Å². The first kappa shape index (κ1) is 10.7. The Bertz CT molecular complexity index is 376. The Hall–Kier alpha value is -0.800. The number of rotatable bonds is 3. The zero-order valence-electron chi connectivity index (χ0n) is 8.73. The van der Waals surface area contributed by atoms with Crippen molar-refractivity contribution >= 4 is 17.0 Å². The monoisotopic (exact) mass is 222 g/mol. The maximum Gasteiger partial charge on any atom is 0.178 e. The van der Waals surface area contributed by atoms with E-state index < -0.39 is 11.2 Å². The van der Waals surface area contributed by atoms with E-state index in [-0.39, 0.29) is 16.8 Å². The highest BCUT2D eigenvalue weighted by Crippen LogP contribution is 2.37. The molecule has 0 heterocycles. The molecule has 0 spiro atoms. The Morgan fingerprint density at radius 2 is 2.27 bits per heavy atom. The quantitative estimate of drug-likeness (QED) is 0.734. The Kier molecular flexibility index (Phi) is 3.12. The number of aryl methyl sites for hydroxylation is 1. The van der Waals surface area contributed by atoms with Gasteiger partial charge in [0.25, 0.3) is 0 Å². The molecule has 2 atom stereocenters. The minimum Gasteiger partial charge on any atom is -0.616 e. The summed E-state index contributed by atoms with van der Waals surface area (Å²) < 4.78 is 11.9. The first-order valence-corrected chi connectivity index (χ1v) is 6.51. The van der Waals surface area contributed by atoms with Gasteiger partial charge in [-0.15, -0.1) is 0 Å². The molecular formula is C12H14O2S. The molecule has 1 aromatic carbocycles. The predicted molar refractivity (Wildman–Crippen MR) is 61.2 cm³/mol. The number of carbonyl (C=O) groups excluding carboxylic acids is 1. The van der Waals surface area contributed by atoms with E-state index in [1.54, 1.807) is 0 Å². The number of carbonyl (C=O) groups is 1. The van der Waals surface area contributed by atoms with Gasteiger partial charge in [0.05, 0.1) is 0 Å². The van der Waals surface area contributed by atoms with Crippen LogP contribution in [-0.4, -0.2) is 16.1 Å². The zero-order chi connectivity index (χ0) is 10.8. The average Bonchev–Trinajstić information content (AvgIpc) is 2.59. The van der Waals surface area contributed by atoms with E-state index in [1.165, 1.54) is 18.1 Å². The van der Waals surface area contributed by atoms with Crippen LogP contribution in [0.2, 0.25) is 0 Å². The van der Waals surface area contributed by atoms with Crippen molar-refractivity contribution in [1.29, 1.82) is 0 Å². The van der Waals surface area contributed by atoms with Gasteiger partial charge in [0.15, 0.2) is 11.5 Å². The second-order valence-corrected chi connectivity index (χ2v) is 5.57. The topological polar surface area (TPSA) is 40.1 Å². The fourth-order valence-corrected chi connectivity index (χ4v) is 3.59. The first-order valence-electron chi connectivity index (χ1n) is 5.13. The molecule has 0 aliphatic heterocycles. The standard InChI is InChI=1S/C12H14O2S/c1-9(13)8-15(14)12-7-6-10-4-2-3-5-11(10)12/h2-5,12H,6-8H2,1H3. The number of Topliss-reactive ketones (excluding diaryl/α,β-unsaturated/α-hetero) is 1. The second-order valence-electron chi connectivity index (χ2n) is 3.95. The molecule has 0 fully saturated rings. The molecule has 0 saturated carbocycles. The van der Waals surface area contributed by atoms with Crippen LogP contribution in [0, 0.1) is 0 Å². The molecule has 1 aromatic rings. The minimum absolute atomic E-state index is 0.0118. The lowest BCUT2D eigenvalue weighted by molar-refractivity contribution is -0.114. The Morgan fingerprint density at radius 1 is 1.53 bits per heavy atom. The fourth-order valence-electron chi connectivity index (χ4n) is 2.09. The molecule has 2 rings (SSSR count). The van der Waals surface area contributed by atoms with Gasteiger partial charge in [-0.1, -0.05) is 24.3 Å². The van der Waals surface area contributed by atoms with E-state index in [0.29, 0.717) is 0 Å². The summed E-state index contributed by atoms with van der Waals surface area (Å²) in [5.74, 6) is 0.205. The van der Waals surface area contributed by atoms with Crippen molar-refractivity contribution in [3.8, 4) is 0 Å². The van der Waals surface area contributed by atoms with Crippen LogP contribution in [0.15, 0.2) is 24.3 Å². The first-order chi connectivity index (χ1) is 7.18. The van der Waals surface area contributed by atoms with Crippen LogP contribution in [0.25, 0.3) is 0 Å². The molecule has 0 saturated heterocycles. The lowest BCUT2D eigenvalue weighted by atomic mass is 10.1. The van der Waals surface area contributed by atoms with Crippen molar-refractivity contribution in [1.82, 2.24) is 0 Å². The number of ketones is 1. The summed E-state index contributed by atoms with van der Waals surface area (Å²) in [6.07, 6.45) is 1.91. The summed E-state index contributed by atoms with van der Waals surface area (Å²) in [6, 6.07) is 8.10. The highest BCUT2D eigenvalue weighted by molar-refractivity contribution is 7.92. The van der Waals surface area contributed by atoms with Crippen molar-refractivity contribution in [2.75, 3.05) is 5.75 Å². The van der Waals surface area contributed by atoms with E-state index >= 15 is 0 Å². The largest absolute Gasteiger partial charge is 0.616 e. The van der Waals surface area contributed by atoms with Gasteiger partial charge in [0.2, 0.25) is 0 Å². The van der Waals surface area contributed by atoms with Gasteiger partial charge >= 0.3 is 0 Å². The molecule has 0 bridgehead atoms. The van der Waals surface area contributed by atoms with Crippen LogP contribution in [0.5, 0.6) is 0 Å². The molecule has 0 N–H and O–H groups in total. The number of fused-ring (bicyclic) bond motifs is 1. The van der Waals surface area contributed by atoms with Gasteiger partial charge in [-0.2, -0.15) is 0 Å². The molecular weight excluding hydrogens is 208 g/mol. The third-order valence-corrected chi connectivity index (χ3v) is 4.56. The van der Waals surface area contributed by atoms with Crippen LogP contribution in [-0.2, 0) is 22.4 Å². The summed E-state index contributed by atoms with van der Waals surface area (Å²) >= 11 is -1.04. The summed E-state index contributed by atoms with van der Waals surface area (Å²) in [5.41, 5.74) is 2.47. The normalized spacial score (nSPS) is 21.1. The molecule has 3 heteroatoms. The van der Waals surface area contributed by atoms with Crippen molar-refractivity contribution in [2.24, 2.45) is 0 Å². The van der Waals surface area contributed by atoms with Crippen molar-refractivity contribution in [3.63, 3.8) is 0 Å². The fraction of sp³-hybridized carbons (Fsp3) is 0.417. The molecule has 0 radical (unpaired) electrons. The molecule has 0 aromatic heterocycles. The van der Waals surface area contributed by atoms with Gasteiger partial charge in [-0.25, -0.2) is 0 Å². The Balaban J connectivity index is 2.16. The smallest absolute Gasteiger partial charge is 0.178 e. The third kappa shape index (κ3) is 2.24. The van der Waals surface area contributed by atoms with E-state index in [1.807, 2.05) is 18.2 Å². The number of hydrogen-bond acceptors (Lipinski definition) is 2. The maximum absolute atomic E-state index is 11.9. The molecule has 1 aliphatic rings. The summed E-state index contributed by atoms with van der Waals surface area (Å²) in [5, 5.41) is 0.0742. The Labute approximate surface area is 92.9 Å². The van der Waals surface area contributed by atoms with Gasteiger partial charge in [-0.05, 0) is 30.1 Å². The van der Waals surface area contributed by atoms with Crippen LogP contribution in [0.4, 0.5) is 0 Å². The summed E-state index contributed by atoms with van der Waals surface area (Å²) in [4.78, 5) is 10.9. The van der Waals surface area contributed by atoms with Crippen LogP contribution >= 0.6 is 0 Å². The SMILES string of the molecule is CC(=O)C[S+]([O-])C1CCc2ccccc21. The van der Waals surface area contributed by atoms with Crippen molar-refractivity contribution in [2.45, 2.75) is 25.0 Å². The van der Waals surface area contributed by atoms with Gasteiger partial charge < -0.3 is 4.55 Å². The van der Waals surface area contributed by atoms with Crippen LogP contribution in [0.3, 0.4) is 0 Å². The molecule has 15 heavy (non-hydrogen) atoms. The Morgan fingerprint density at radius 3 is 3.00 bits per heavy atom. The van der Waals surface area contributed by atoms with E-state index in [4.69, 9.17) is 0 Å². The second kappa shape index (κ2) is 4.37. The highest BCUT2D eigenvalue weighted by Gasteiger charge is 2.31. The van der Waals surface area contributed by atoms with Crippen LogP contribution in [0.1, 0.15) is 29.7 Å². The molecule has 1 aliphatic carbocycles. The minimum atomic E-state index is -1.04. The van der Waals surface area contributed by atoms with Crippen LogP contribution < -0.4 is 0 Å². The average molecular weight is 222 g/mol. The highest BCUT2D eigenvalue weighted by atomic mass is 32.2.